The van der Waals surface area contributed by atoms with Gasteiger partial charge in [-0.3, -0.25) is 4.79 Å². The maximum Gasteiger partial charge on any atom is 0.336 e. The number of benzene rings is 3. The molecule has 126 valence electrons. The lowest BCUT2D eigenvalue weighted by molar-refractivity contribution is 0.0695. The summed E-state index contributed by atoms with van der Waals surface area (Å²) in [6.45, 7) is 1.66. The summed E-state index contributed by atoms with van der Waals surface area (Å²) in [5, 5.41) is 13.9. The van der Waals surface area contributed by atoms with Gasteiger partial charge >= 0.3 is 5.97 Å². The molecule has 2 N–H and O–H groups in total. The van der Waals surface area contributed by atoms with E-state index in [0.717, 1.165) is 10.8 Å². The van der Waals surface area contributed by atoms with Crippen molar-refractivity contribution in [2.75, 3.05) is 12.4 Å². The summed E-state index contributed by atoms with van der Waals surface area (Å²) in [7, 11) is 1.51. The number of carboxylic acids is 1. The predicted molar refractivity (Wildman–Crippen MR) is 96.6 cm³/mol. The van der Waals surface area contributed by atoms with Gasteiger partial charge in [-0.1, -0.05) is 30.3 Å². The Labute approximate surface area is 144 Å². The average molecular weight is 335 g/mol. The van der Waals surface area contributed by atoms with Crippen LogP contribution >= 0.6 is 0 Å². The van der Waals surface area contributed by atoms with E-state index < -0.39 is 5.97 Å². The largest absolute Gasteiger partial charge is 0.496 e. The van der Waals surface area contributed by atoms with Crippen LogP contribution in [0, 0.1) is 6.92 Å². The van der Waals surface area contributed by atoms with Gasteiger partial charge in [-0.05, 0) is 47.5 Å². The average Bonchev–Trinajstić information content (AvgIpc) is 2.61. The van der Waals surface area contributed by atoms with E-state index in [-0.39, 0.29) is 11.5 Å². The molecule has 0 aliphatic rings. The minimum atomic E-state index is -1.03. The van der Waals surface area contributed by atoms with Gasteiger partial charge in [0.25, 0.3) is 5.91 Å². The highest BCUT2D eigenvalue weighted by atomic mass is 16.5. The van der Waals surface area contributed by atoms with Crippen LogP contribution in [0.25, 0.3) is 10.8 Å². The van der Waals surface area contributed by atoms with Gasteiger partial charge in [0.1, 0.15) is 5.75 Å². The zero-order valence-electron chi connectivity index (χ0n) is 13.9. The summed E-state index contributed by atoms with van der Waals surface area (Å²) in [6, 6.07) is 16.0. The van der Waals surface area contributed by atoms with Crippen molar-refractivity contribution >= 4 is 28.3 Å². The molecule has 0 saturated carbocycles. The third kappa shape index (κ3) is 3.17. The standard InChI is InChI=1S/C20H17NO4/c1-12-15(20(23)24)8-5-9-17(12)21-19(22)16-10-13-6-3-4-7-14(13)11-18(16)25-2/h3-11H,1-2H3,(H,21,22)(H,23,24). The van der Waals surface area contributed by atoms with Crippen LogP contribution in [-0.4, -0.2) is 24.1 Å². The number of ether oxygens (including phenoxy) is 1. The van der Waals surface area contributed by atoms with E-state index >= 15 is 0 Å². The summed E-state index contributed by atoms with van der Waals surface area (Å²) < 4.78 is 5.35. The molecule has 0 aliphatic carbocycles. The number of rotatable bonds is 4. The molecule has 25 heavy (non-hydrogen) atoms. The molecule has 1 amide bonds. The first-order valence-electron chi connectivity index (χ1n) is 7.72. The molecule has 3 rings (SSSR count). The van der Waals surface area contributed by atoms with E-state index in [9.17, 15) is 14.7 Å². The number of hydrogen-bond donors (Lipinski definition) is 2. The minimum Gasteiger partial charge on any atom is -0.496 e. The number of hydrogen-bond acceptors (Lipinski definition) is 3. The zero-order chi connectivity index (χ0) is 18.0. The Hall–Kier alpha value is -3.34. The molecule has 0 aromatic heterocycles. The van der Waals surface area contributed by atoms with E-state index in [1.807, 2.05) is 30.3 Å². The summed E-state index contributed by atoms with van der Waals surface area (Å²) in [4.78, 5) is 24.0. The number of anilines is 1. The normalized spacial score (nSPS) is 10.5. The smallest absolute Gasteiger partial charge is 0.336 e. The van der Waals surface area contributed by atoms with Crippen molar-refractivity contribution in [1.29, 1.82) is 0 Å². The van der Waals surface area contributed by atoms with Crippen LogP contribution < -0.4 is 10.1 Å². The highest BCUT2D eigenvalue weighted by Gasteiger charge is 2.16. The molecule has 5 heteroatoms. The van der Waals surface area contributed by atoms with Gasteiger partial charge in [0.15, 0.2) is 0 Å². The van der Waals surface area contributed by atoms with E-state index in [0.29, 0.717) is 22.6 Å². The molecule has 0 heterocycles. The van der Waals surface area contributed by atoms with Crippen molar-refractivity contribution in [2.45, 2.75) is 6.92 Å². The molecule has 0 unspecified atom stereocenters. The lowest BCUT2D eigenvalue weighted by Gasteiger charge is -2.13. The number of nitrogens with one attached hydrogen (secondary N) is 1. The van der Waals surface area contributed by atoms with Gasteiger partial charge in [0.2, 0.25) is 0 Å². The second-order valence-corrected chi connectivity index (χ2v) is 5.64. The van der Waals surface area contributed by atoms with Crippen molar-refractivity contribution in [2.24, 2.45) is 0 Å². The second-order valence-electron chi connectivity index (χ2n) is 5.64. The molecule has 3 aromatic carbocycles. The lowest BCUT2D eigenvalue weighted by atomic mass is 10.0. The van der Waals surface area contributed by atoms with Gasteiger partial charge in [-0.2, -0.15) is 0 Å². The molecule has 0 aliphatic heterocycles. The van der Waals surface area contributed by atoms with E-state index in [2.05, 4.69) is 5.32 Å². The van der Waals surface area contributed by atoms with E-state index in [4.69, 9.17) is 4.74 Å². The SMILES string of the molecule is COc1cc2ccccc2cc1C(=O)Nc1cccc(C(=O)O)c1C. The molecule has 0 atom stereocenters. The summed E-state index contributed by atoms with van der Waals surface area (Å²) >= 11 is 0. The number of amides is 1. The first-order chi connectivity index (χ1) is 12.0. The number of aromatic carboxylic acids is 1. The quantitative estimate of drug-likeness (QED) is 0.752. The first-order valence-corrected chi connectivity index (χ1v) is 7.72. The highest BCUT2D eigenvalue weighted by Crippen LogP contribution is 2.27. The van der Waals surface area contributed by atoms with Gasteiger partial charge in [0, 0.05) is 5.69 Å². The fourth-order valence-corrected chi connectivity index (χ4v) is 2.76. The number of fused-ring (bicyclic) bond motifs is 1. The van der Waals surface area contributed by atoms with Crippen molar-refractivity contribution in [3.05, 3.63) is 71.3 Å². The van der Waals surface area contributed by atoms with Gasteiger partial charge in [-0.15, -0.1) is 0 Å². The Morgan fingerprint density at radius 1 is 0.960 bits per heavy atom. The van der Waals surface area contributed by atoms with E-state index in [1.54, 1.807) is 25.1 Å². The molecular weight excluding hydrogens is 318 g/mol. The zero-order valence-corrected chi connectivity index (χ0v) is 13.9. The topological polar surface area (TPSA) is 75.6 Å². The van der Waals surface area contributed by atoms with Crippen LogP contribution in [0.4, 0.5) is 5.69 Å². The van der Waals surface area contributed by atoms with Crippen LogP contribution in [0.1, 0.15) is 26.3 Å². The third-order valence-corrected chi connectivity index (χ3v) is 4.12. The second kappa shape index (κ2) is 6.65. The van der Waals surface area contributed by atoms with Crippen LogP contribution in [0.2, 0.25) is 0 Å². The van der Waals surface area contributed by atoms with E-state index in [1.165, 1.54) is 13.2 Å². The summed E-state index contributed by atoms with van der Waals surface area (Å²) in [5.74, 6) is -0.923. The van der Waals surface area contributed by atoms with Gasteiger partial charge in [-0.25, -0.2) is 4.79 Å². The van der Waals surface area contributed by atoms with Crippen LogP contribution in [0.3, 0.4) is 0 Å². The maximum absolute atomic E-state index is 12.7. The van der Waals surface area contributed by atoms with Crippen molar-refractivity contribution in [3.63, 3.8) is 0 Å². The fraction of sp³-hybridized carbons (Fsp3) is 0.100. The Kier molecular flexibility index (Phi) is 4.39. The van der Waals surface area contributed by atoms with Crippen molar-refractivity contribution in [1.82, 2.24) is 0 Å². The monoisotopic (exact) mass is 335 g/mol. The number of carboxylic acid groups (broad SMARTS) is 1. The Morgan fingerprint density at radius 3 is 2.28 bits per heavy atom. The molecule has 0 radical (unpaired) electrons. The molecule has 0 bridgehead atoms. The molecule has 3 aromatic rings. The van der Waals surface area contributed by atoms with Crippen LogP contribution in [0.5, 0.6) is 5.75 Å². The predicted octanol–water partition coefficient (Wildman–Crippen LogP) is 4.11. The minimum absolute atomic E-state index is 0.156. The highest BCUT2D eigenvalue weighted by molar-refractivity contribution is 6.09. The van der Waals surface area contributed by atoms with Crippen molar-refractivity contribution in [3.8, 4) is 5.75 Å². The molecule has 0 spiro atoms. The number of carbonyl (C=O) groups excluding carboxylic acids is 1. The molecule has 0 fully saturated rings. The number of carbonyl (C=O) groups is 2. The third-order valence-electron chi connectivity index (χ3n) is 4.12. The van der Waals surface area contributed by atoms with Gasteiger partial charge in [0.05, 0.1) is 18.2 Å². The lowest BCUT2D eigenvalue weighted by Crippen LogP contribution is -2.15. The fourth-order valence-electron chi connectivity index (χ4n) is 2.76. The first kappa shape index (κ1) is 16.5. The molecule has 0 saturated heterocycles. The number of methoxy groups -OCH3 is 1. The molecular formula is C20H17NO4. The van der Waals surface area contributed by atoms with Crippen LogP contribution in [0.15, 0.2) is 54.6 Å². The Morgan fingerprint density at radius 2 is 1.64 bits per heavy atom. The Bertz CT molecular complexity index is 979. The Balaban J connectivity index is 2.00. The summed E-state index contributed by atoms with van der Waals surface area (Å²) in [5.41, 5.74) is 1.51. The van der Waals surface area contributed by atoms with Crippen molar-refractivity contribution < 1.29 is 19.4 Å². The van der Waals surface area contributed by atoms with Gasteiger partial charge < -0.3 is 15.2 Å². The maximum atomic E-state index is 12.7. The van der Waals surface area contributed by atoms with Crippen LogP contribution in [-0.2, 0) is 0 Å². The molecule has 5 nitrogen and oxygen atoms in total. The summed E-state index contributed by atoms with van der Waals surface area (Å²) in [6.07, 6.45) is 0.